The van der Waals surface area contributed by atoms with Crippen LogP contribution in [0.2, 0.25) is 0 Å². The number of aromatic nitrogens is 3. The normalized spacial score (nSPS) is 9.45. The second kappa shape index (κ2) is 2.37. The van der Waals surface area contributed by atoms with Crippen LogP contribution in [0.1, 0.15) is 0 Å². The SMILES string of the molecule is O=C(O)n1c(=O)nc[nH]c1=O. The number of H-pyrrole nitrogens is 1. The van der Waals surface area contributed by atoms with Gasteiger partial charge in [0.2, 0.25) is 0 Å². The Labute approximate surface area is 58.9 Å². The van der Waals surface area contributed by atoms with Gasteiger partial charge in [0.1, 0.15) is 6.33 Å². The van der Waals surface area contributed by atoms with E-state index >= 15 is 0 Å². The smallest absolute Gasteiger partial charge is 0.424 e. The van der Waals surface area contributed by atoms with Gasteiger partial charge in [-0.1, -0.05) is 0 Å². The van der Waals surface area contributed by atoms with Crippen LogP contribution in [0.4, 0.5) is 4.79 Å². The molecule has 0 radical (unpaired) electrons. The third-order valence-electron chi connectivity index (χ3n) is 0.949. The summed E-state index contributed by atoms with van der Waals surface area (Å²) < 4.78 is -0.0278. The van der Waals surface area contributed by atoms with Crippen LogP contribution in [0, 0.1) is 0 Å². The molecular weight excluding hydrogens is 154 g/mol. The van der Waals surface area contributed by atoms with Gasteiger partial charge in [0, 0.05) is 0 Å². The van der Waals surface area contributed by atoms with Gasteiger partial charge in [-0.25, -0.2) is 14.4 Å². The number of rotatable bonds is 0. The first kappa shape index (κ1) is 7.19. The molecule has 1 aromatic rings. The fourth-order valence-corrected chi connectivity index (χ4v) is 0.521. The molecule has 0 aromatic carbocycles. The van der Waals surface area contributed by atoms with Crippen LogP contribution in [0.3, 0.4) is 0 Å². The molecule has 1 aromatic heterocycles. The maximum absolute atomic E-state index is 10.6. The van der Waals surface area contributed by atoms with Crippen molar-refractivity contribution in [1.29, 1.82) is 0 Å². The van der Waals surface area contributed by atoms with Gasteiger partial charge >= 0.3 is 17.5 Å². The number of hydrogen-bond donors (Lipinski definition) is 2. The molecule has 0 aliphatic rings. The van der Waals surface area contributed by atoms with E-state index < -0.39 is 17.5 Å². The fourth-order valence-electron chi connectivity index (χ4n) is 0.521. The summed E-state index contributed by atoms with van der Waals surface area (Å²) in [6, 6.07) is 0. The van der Waals surface area contributed by atoms with Crippen molar-refractivity contribution in [3.63, 3.8) is 0 Å². The number of hydrogen-bond acceptors (Lipinski definition) is 4. The van der Waals surface area contributed by atoms with E-state index in [0.29, 0.717) is 0 Å². The minimum absolute atomic E-state index is 0.0278. The summed E-state index contributed by atoms with van der Waals surface area (Å²) in [6.07, 6.45) is -0.811. The summed E-state index contributed by atoms with van der Waals surface area (Å²) in [4.78, 5) is 36.2. The highest BCUT2D eigenvalue weighted by Crippen LogP contribution is 1.64. The molecular formula is C4H3N3O4. The molecule has 1 rings (SSSR count). The van der Waals surface area contributed by atoms with Gasteiger partial charge in [-0.15, -0.1) is 4.57 Å². The molecule has 2 N–H and O–H groups in total. The Morgan fingerprint density at radius 1 is 1.64 bits per heavy atom. The van der Waals surface area contributed by atoms with Gasteiger partial charge < -0.3 is 5.11 Å². The van der Waals surface area contributed by atoms with Crippen molar-refractivity contribution in [2.45, 2.75) is 0 Å². The Bertz CT molecular complexity index is 361. The average molecular weight is 157 g/mol. The van der Waals surface area contributed by atoms with Gasteiger partial charge in [0.15, 0.2) is 0 Å². The molecule has 58 valence electrons. The lowest BCUT2D eigenvalue weighted by Gasteiger charge is -1.91. The summed E-state index contributed by atoms with van der Waals surface area (Å²) in [5.41, 5.74) is -2.13. The maximum Gasteiger partial charge on any atom is 0.424 e. The first-order valence-electron chi connectivity index (χ1n) is 2.53. The molecule has 0 atom stereocenters. The molecule has 0 fully saturated rings. The van der Waals surface area contributed by atoms with E-state index in [1.54, 1.807) is 0 Å². The average Bonchev–Trinajstić information content (AvgIpc) is 1.85. The van der Waals surface area contributed by atoms with Crippen molar-refractivity contribution in [1.82, 2.24) is 14.5 Å². The van der Waals surface area contributed by atoms with Crippen LogP contribution < -0.4 is 11.4 Å². The van der Waals surface area contributed by atoms with Crippen molar-refractivity contribution in [2.75, 3.05) is 0 Å². The lowest BCUT2D eigenvalue weighted by molar-refractivity contribution is 0.193. The highest BCUT2D eigenvalue weighted by molar-refractivity contribution is 5.66. The third kappa shape index (κ3) is 1.16. The highest BCUT2D eigenvalue weighted by atomic mass is 16.4. The van der Waals surface area contributed by atoms with Crippen molar-refractivity contribution in [3.8, 4) is 0 Å². The first-order valence-corrected chi connectivity index (χ1v) is 2.53. The van der Waals surface area contributed by atoms with Crippen molar-refractivity contribution < 1.29 is 9.90 Å². The third-order valence-corrected chi connectivity index (χ3v) is 0.949. The zero-order chi connectivity index (χ0) is 8.43. The minimum atomic E-state index is -1.65. The second-order valence-corrected chi connectivity index (χ2v) is 1.61. The molecule has 7 nitrogen and oxygen atoms in total. The van der Waals surface area contributed by atoms with Gasteiger partial charge in [0.05, 0.1) is 0 Å². The molecule has 0 aliphatic heterocycles. The Morgan fingerprint density at radius 3 is 2.64 bits per heavy atom. The lowest BCUT2D eigenvalue weighted by Crippen LogP contribution is -2.40. The number of carboxylic acid groups (broad SMARTS) is 1. The summed E-state index contributed by atoms with van der Waals surface area (Å²) >= 11 is 0. The van der Waals surface area contributed by atoms with E-state index in [4.69, 9.17) is 5.11 Å². The van der Waals surface area contributed by atoms with E-state index in [0.717, 1.165) is 6.33 Å². The number of nitrogens with one attached hydrogen (secondary N) is 1. The summed E-state index contributed by atoms with van der Waals surface area (Å²) in [5.74, 6) is 0. The summed E-state index contributed by atoms with van der Waals surface area (Å²) in [6.45, 7) is 0. The van der Waals surface area contributed by atoms with E-state index in [1.807, 2.05) is 4.98 Å². The molecule has 0 spiro atoms. The summed E-state index contributed by atoms with van der Waals surface area (Å²) in [7, 11) is 0. The van der Waals surface area contributed by atoms with Crippen molar-refractivity contribution in [2.24, 2.45) is 0 Å². The molecule has 0 saturated heterocycles. The zero-order valence-electron chi connectivity index (χ0n) is 5.14. The van der Waals surface area contributed by atoms with E-state index in [2.05, 4.69) is 4.98 Å². The Balaban J connectivity index is 3.58. The van der Waals surface area contributed by atoms with Gasteiger partial charge in [0.25, 0.3) is 0 Å². The molecule has 0 saturated carbocycles. The highest BCUT2D eigenvalue weighted by Gasteiger charge is 2.07. The predicted octanol–water partition coefficient (Wildman–Crippen LogP) is -1.54. The monoisotopic (exact) mass is 157 g/mol. The number of carbonyl (C=O) groups is 1. The van der Waals surface area contributed by atoms with Crippen LogP contribution in [0.5, 0.6) is 0 Å². The molecule has 0 unspecified atom stereocenters. The fraction of sp³-hybridized carbons (Fsp3) is 0. The molecule has 11 heavy (non-hydrogen) atoms. The Morgan fingerprint density at radius 2 is 2.27 bits per heavy atom. The van der Waals surface area contributed by atoms with Crippen molar-refractivity contribution in [3.05, 3.63) is 27.3 Å². The Kier molecular flexibility index (Phi) is 1.55. The molecule has 0 bridgehead atoms. The van der Waals surface area contributed by atoms with E-state index in [9.17, 15) is 14.4 Å². The van der Waals surface area contributed by atoms with Gasteiger partial charge in [-0.2, -0.15) is 4.98 Å². The van der Waals surface area contributed by atoms with Crippen molar-refractivity contribution >= 4 is 6.09 Å². The van der Waals surface area contributed by atoms with E-state index in [1.165, 1.54) is 0 Å². The molecule has 0 amide bonds. The van der Waals surface area contributed by atoms with Gasteiger partial charge in [-0.05, 0) is 0 Å². The largest absolute Gasteiger partial charge is 0.464 e. The van der Waals surface area contributed by atoms with Crippen LogP contribution in [-0.4, -0.2) is 25.7 Å². The number of nitrogens with zero attached hydrogens (tertiary/aromatic N) is 2. The lowest BCUT2D eigenvalue weighted by atomic mass is 10.9. The zero-order valence-corrected chi connectivity index (χ0v) is 5.14. The quantitative estimate of drug-likeness (QED) is 0.474. The maximum atomic E-state index is 10.6. The Hall–Kier alpha value is -1.92. The van der Waals surface area contributed by atoms with Crippen LogP contribution in [0.25, 0.3) is 0 Å². The van der Waals surface area contributed by atoms with Crippen LogP contribution in [-0.2, 0) is 0 Å². The van der Waals surface area contributed by atoms with E-state index in [-0.39, 0.29) is 4.57 Å². The standard InChI is InChI=1S/C4H3N3O4/c8-2-5-1-6-3(9)7(2)4(10)11/h1H,(H,10,11)(H,5,6,8,9). The topological polar surface area (TPSA) is 105 Å². The van der Waals surface area contributed by atoms with Crippen LogP contribution >= 0.6 is 0 Å². The van der Waals surface area contributed by atoms with Gasteiger partial charge in [-0.3, -0.25) is 4.98 Å². The minimum Gasteiger partial charge on any atom is -0.464 e. The first-order chi connectivity index (χ1) is 5.13. The molecule has 0 aliphatic carbocycles. The predicted molar refractivity (Wildman–Crippen MR) is 32.5 cm³/mol. The van der Waals surface area contributed by atoms with Crippen LogP contribution in [0.15, 0.2) is 15.9 Å². The molecule has 7 heteroatoms. The number of aromatic amines is 1. The molecule has 1 heterocycles. The second-order valence-electron chi connectivity index (χ2n) is 1.61. The summed E-state index contributed by atoms with van der Waals surface area (Å²) in [5, 5.41) is 8.25.